The average molecular weight is 217 g/mol. The van der Waals surface area contributed by atoms with Crippen LogP contribution >= 0.6 is 0 Å². The van der Waals surface area contributed by atoms with Crippen LogP contribution in [-0.4, -0.2) is 20.7 Å². The summed E-state index contributed by atoms with van der Waals surface area (Å²) in [6, 6.07) is 0. The van der Waals surface area contributed by atoms with Crippen LogP contribution in [-0.2, 0) is 10.0 Å². The van der Waals surface area contributed by atoms with E-state index >= 15 is 0 Å². The second-order valence-corrected chi connectivity index (χ2v) is 5.50. The number of sulfonamides is 1. The Bertz CT molecular complexity index is 296. The molecule has 0 saturated carbocycles. The predicted molar refractivity (Wildman–Crippen MR) is 59.3 cm³/mol. The summed E-state index contributed by atoms with van der Waals surface area (Å²) < 4.78 is 25.2. The van der Waals surface area contributed by atoms with Crippen LogP contribution in [0.3, 0.4) is 0 Å². The van der Waals surface area contributed by atoms with Crippen molar-refractivity contribution in [2.24, 2.45) is 5.92 Å². The highest BCUT2D eigenvalue weighted by Crippen LogP contribution is 2.01. The monoisotopic (exact) mass is 217 g/mol. The van der Waals surface area contributed by atoms with Gasteiger partial charge in [0.25, 0.3) is 0 Å². The molecule has 0 aliphatic rings. The molecule has 0 saturated heterocycles. The van der Waals surface area contributed by atoms with Gasteiger partial charge >= 0.3 is 0 Å². The van der Waals surface area contributed by atoms with E-state index < -0.39 is 10.0 Å². The molecule has 3 nitrogen and oxygen atoms in total. The minimum Gasteiger partial charge on any atom is -0.214 e. The van der Waals surface area contributed by atoms with Crippen molar-refractivity contribution in [3.8, 4) is 11.8 Å². The maximum absolute atomic E-state index is 11.3. The third-order valence-corrected chi connectivity index (χ3v) is 3.13. The molecule has 0 amide bonds. The molecule has 0 aromatic carbocycles. The molecule has 0 heterocycles. The summed E-state index contributed by atoms with van der Waals surface area (Å²) in [5.41, 5.74) is 0. The zero-order valence-corrected chi connectivity index (χ0v) is 9.95. The van der Waals surface area contributed by atoms with Crippen molar-refractivity contribution < 1.29 is 8.42 Å². The first-order chi connectivity index (χ1) is 6.48. The van der Waals surface area contributed by atoms with Gasteiger partial charge in [-0.3, -0.25) is 0 Å². The first-order valence-electron chi connectivity index (χ1n) is 4.85. The number of nitrogens with one attached hydrogen (secondary N) is 1. The Morgan fingerprint density at radius 2 is 2.00 bits per heavy atom. The van der Waals surface area contributed by atoms with Crippen LogP contribution in [0.4, 0.5) is 0 Å². The van der Waals surface area contributed by atoms with Gasteiger partial charge in [0.1, 0.15) is 0 Å². The van der Waals surface area contributed by atoms with Crippen LogP contribution in [0.15, 0.2) is 0 Å². The van der Waals surface area contributed by atoms with Gasteiger partial charge in [0.2, 0.25) is 10.0 Å². The van der Waals surface area contributed by atoms with Crippen molar-refractivity contribution in [3.63, 3.8) is 0 Å². The molecule has 0 spiro atoms. The second kappa shape index (κ2) is 6.86. The molecule has 0 radical (unpaired) electrons. The lowest BCUT2D eigenvalue weighted by Crippen LogP contribution is -2.27. The van der Waals surface area contributed by atoms with Gasteiger partial charge in [-0.25, -0.2) is 13.1 Å². The fourth-order valence-corrected chi connectivity index (χ4v) is 2.20. The molecule has 0 aliphatic carbocycles. The molecule has 4 heteroatoms. The lowest BCUT2D eigenvalue weighted by atomic mass is 10.2. The highest BCUT2D eigenvalue weighted by atomic mass is 32.2. The van der Waals surface area contributed by atoms with E-state index in [1.807, 2.05) is 13.8 Å². The van der Waals surface area contributed by atoms with E-state index in [1.54, 1.807) is 6.92 Å². The molecular formula is C10H19NO2S. The number of rotatable bonds is 6. The summed E-state index contributed by atoms with van der Waals surface area (Å²) in [4.78, 5) is 0. The first kappa shape index (κ1) is 13.5. The summed E-state index contributed by atoms with van der Waals surface area (Å²) in [6.45, 7) is 6.19. The second-order valence-electron chi connectivity index (χ2n) is 3.57. The zero-order chi connectivity index (χ0) is 11.0. The van der Waals surface area contributed by atoms with E-state index in [1.165, 1.54) is 0 Å². The summed E-state index contributed by atoms with van der Waals surface area (Å²) in [6.07, 6.45) is 1.28. The molecule has 0 bridgehead atoms. The third kappa shape index (κ3) is 8.09. The van der Waals surface area contributed by atoms with Crippen LogP contribution in [0.1, 0.15) is 33.6 Å². The molecule has 14 heavy (non-hydrogen) atoms. The van der Waals surface area contributed by atoms with Crippen LogP contribution in [0.5, 0.6) is 0 Å². The van der Waals surface area contributed by atoms with Crippen LogP contribution < -0.4 is 4.72 Å². The molecule has 0 aromatic rings. The fraction of sp³-hybridized carbons (Fsp3) is 0.800. The van der Waals surface area contributed by atoms with Crippen molar-refractivity contribution in [1.82, 2.24) is 4.72 Å². The molecular weight excluding hydrogens is 198 g/mol. The van der Waals surface area contributed by atoms with E-state index in [9.17, 15) is 8.42 Å². The van der Waals surface area contributed by atoms with Gasteiger partial charge in [0.15, 0.2) is 0 Å². The minimum absolute atomic E-state index is 0.213. The fourth-order valence-electron chi connectivity index (χ4n) is 0.857. The maximum atomic E-state index is 11.3. The van der Waals surface area contributed by atoms with E-state index in [0.717, 1.165) is 0 Å². The van der Waals surface area contributed by atoms with Gasteiger partial charge in [0, 0.05) is 13.0 Å². The Hall–Kier alpha value is -0.530. The molecule has 0 rings (SSSR count). The number of hydrogen-bond donors (Lipinski definition) is 1. The van der Waals surface area contributed by atoms with Crippen molar-refractivity contribution in [2.45, 2.75) is 33.6 Å². The van der Waals surface area contributed by atoms with Crippen molar-refractivity contribution in [1.29, 1.82) is 0 Å². The molecule has 0 aliphatic heterocycles. The Labute approximate surface area is 87.3 Å². The van der Waals surface area contributed by atoms with Gasteiger partial charge in [0.05, 0.1) is 5.75 Å². The van der Waals surface area contributed by atoms with Crippen molar-refractivity contribution >= 4 is 10.0 Å². The van der Waals surface area contributed by atoms with Crippen LogP contribution in [0, 0.1) is 17.8 Å². The van der Waals surface area contributed by atoms with Gasteiger partial charge in [-0.1, -0.05) is 13.8 Å². The summed E-state index contributed by atoms with van der Waals surface area (Å²) >= 11 is 0. The molecule has 0 fully saturated rings. The smallest absolute Gasteiger partial charge is 0.211 e. The Kier molecular flexibility index (Phi) is 6.60. The van der Waals surface area contributed by atoms with Crippen molar-refractivity contribution in [3.05, 3.63) is 0 Å². The van der Waals surface area contributed by atoms with E-state index in [2.05, 4.69) is 16.6 Å². The van der Waals surface area contributed by atoms with Crippen LogP contribution in [0.25, 0.3) is 0 Å². The zero-order valence-electron chi connectivity index (χ0n) is 9.13. The Morgan fingerprint density at radius 1 is 1.36 bits per heavy atom. The van der Waals surface area contributed by atoms with Crippen LogP contribution in [0.2, 0.25) is 0 Å². The standard InChI is InChI=1S/C10H19NO2S/c1-4-5-6-8-11-14(12,13)9-7-10(2)3/h10-11H,6-9H2,1-3H3. The molecule has 0 aromatic heterocycles. The van der Waals surface area contributed by atoms with Gasteiger partial charge < -0.3 is 0 Å². The van der Waals surface area contributed by atoms with Gasteiger partial charge in [-0.15, -0.1) is 11.8 Å². The van der Waals surface area contributed by atoms with E-state index in [4.69, 9.17) is 0 Å². The maximum Gasteiger partial charge on any atom is 0.211 e. The summed E-state index contributed by atoms with van der Waals surface area (Å²) in [7, 11) is -3.07. The largest absolute Gasteiger partial charge is 0.214 e. The topological polar surface area (TPSA) is 46.2 Å². The van der Waals surface area contributed by atoms with Crippen molar-refractivity contribution in [2.75, 3.05) is 12.3 Å². The predicted octanol–water partition coefficient (Wildman–Crippen LogP) is 1.37. The third-order valence-electron chi connectivity index (χ3n) is 1.71. The Balaban J connectivity index is 3.77. The SMILES string of the molecule is CC#CCCNS(=O)(=O)CCC(C)C. The summed E-state index contributed by atoms with van der Waals surface area (Å²) in [5, 5.41) is 0. The van der Waals surface area contributed by atoms with E-state index in [-0.39, 0.29) is 5.75 Å². The molecule has 0 atom stereocenters. The Morgan fingerprint density at radius 3 is 2.50 bits per heavy atom. The normalized spacial score (nSPS) is 11.1. The first-order valence-corrected chi connectivity index (χ1v) is 6.50. The molecule has 0 unspecified atom stereocenters. The van der Waals surface area contributed by atoms with E-state index in [0.29, 0.717) is 25.3 Å². The molecule has 82 valence electrons. The minimum atomic E-state index is -3.07. The quantitative estimate of drug-likeness (QED) is 0.539. The molecule has 1 N–H and O–H groups in total. The lowest BCUT2D eigenvalue weighted by Gasteiger charge is -2.06. The summed E-state index contributed by atoms with van der Waals surface area (Å²) in [5.74, 6) is 6.16. The van der Waals surface area contributed by atoms with Gasteiger partial charge in [-0.05, 0) is 19.3 Å². The number of hydrogen-bond acceptors (Lipinski definition) is 2. The average Bonchev–Trinajstić information content (AvgIpc) is 2.10. The highest BCUT2D eigenvalue weighted by molar-refractivity contribution is 7.89. The van der Waals surface area contributed by atoms with Gasteiger partial charge in [-0.2, -0.15) is 0 Å². The highest BCUT2D eigenvalue weighted by Gasteiger charge is 2.09. The lowest BCUT2D eigenvalue weighted by molar-refractivity contribution is 0.562.